The molecule has 0 saturated carbocycles. The minimum atomic E-state index is 0.252. The maximum atomic E-state index is 4.34. The van der Waals surface area contributed by atoms with Gasteiger partial charge in [-0.2, -0.15) is 5.10 Å². The summed E-state index contributed by atoms with van der Waals surface area (Å²) in [5.41, 5.74) is 2.67. The fraction of sp³-hybridized carbons (Fsp3) is 0.750. The van der Waals surface area contributed by atoms with E-state index in [4.69, 9.17) is 0 Å². The van der Waals surface area contributed by atoms with Gasteiger partial charge in [0.25, 0.3) is 0 Å². The van der Waals surface area contributed by atoms with E-state index in [1.807, 2.05) is 11.7 Å². The molecule has 86 valence electrons. The summed E-state index contributed by atoms with van der Waals surface area (Å²) >= 11 is 0. The van der Waals surface area contributed by atoms with E-state index in [0.29, 0.717) is 0 Å². The molecule has 3 nitrogen and oxygen atoms in total. The van der Waals surface area contributed by atoms with Gasteiger partial charge in [-0.25, -0.2) is 0 Å². The minimum Gasteiger partial charge on any atom is -0.307 e. The summed E-state index contributed by atoms with van der Waals surface area (Å²) in [5.74, 6) is 0. The second kappa shape index (κ2) is 4.79. The van der Waals surface area contributed by atoms with Gasteiger partial charge in [0.05, 0.1) is 5.69 Å². The van der Waals surface area contributed by atoms with Gasteiger partial charge >= 0.3 is 0 Å². The number of nitrogens with one attached hydrogen (secondary N) is 1. The van der Waals surface area contributed by atoms with Crippen LogP contribution in [-0.2, 0) is 13.6 Å². The van der Waals surface area contributed by atoms with Crippen LogP contribution in [0.2, 0.25) is 0 Å². The number of hydrogen-bond donors (Lipinski definition) is 1. The van der Waals surface area contributed by atoms with Gasteiger partial charge in [-0.1, -0.05) is 13.8 Å². The van der Waals surface area contributed by atoms with Gasteiger partial charge in [0.1, 0.15) is 0 Å². The quantitative estimate of drug-likeness (QED) is 0.807. The number of rotatable bonds is 5. The zero-order valence-corrected chi connectivity index (χ0v) is 10.6. The van der Waals surface area contributed by atoms with Crippen LogP contribution in [0.3, 0.4) is 0 Å². The average Bonchev–Trinajstić information content (AvgIpc) is 2.54. The predicted molar refractivity (Wildman–Crippen MR) is 63.8 cm³/mol. The normalized spacial score (nSPS) is 12.1. The van der Waals surface area contributed by atoms with Gasteiger partial charge in [0.2, 0.25) is 0 Å². The Hall–Kier alpha value is -0.830. The monoisotopic (exact) mass is 209 g/mol. The molecule has 0 aliphatic carbocycles. The van der Waals surface area contributed by atoms with Gasteiger partial charge in [0, 0.05) is 30.9 Å². The third-order valence-electron chi connectivity index (χ3n) is 3.38. The largest absolute Gasteiger partial charge is 0.307 e. The van der Waals surface area contributed by atoms with Gasteiger partial charge in [0.15, 0.2) is 0 Å². The van der Waals surface area contributed by atoms with Crippen LogP contribution in [0.4, 0.5) is 0 Å². The van der Waals surface area contributed by atoms with Crippen molar-refractivity contribution in [3.05, 3.63) is 17.5 Å². The minimum absolute atomic E-state index is 0.252. The molecule has 0 fully saturated rings. The molecule has 0 radical (unpaired) electrons. The first-order chi connectivity index (χ1) is 7.00. The van der Waals surface area contributed by atoms with Crippen molar-refractivity contribution in [2.24, 2.45) is 7.05 Å². The Kier molecular flexibility index (Phi) is 3.91. The zero-order chi connectivity index (χ0) is 11.5. The summed E-state index contributed by atoms with van der Waals surface area (Å²) in [6.07, 6.45) is 4.40. The maximum Gasteiger partial charge on any atom is 0.0638 e. The Morgan fingerprint density at radius 3 is 2.40 bits per heavy atom. The lowest BCUT2D eigenvalue weighted by atomic mass is 9.95. The second-order valence-corrected chi connectivity index (χ2v) is 4.53. The Balaban J connectivity index is 2.60. The lowest BCUT2D eigenvalue weighted by Gasteiger charge is -2.28. The van der Waals surface area contributed by atoms with Crippen molar-refractivity contribution in [1.82, 2.24) is 15.1 Å². The molecule has 0 aromatic carbocycles. The molecule has 0 bridgehead atoms. The Labute approximate surface area is 92.9 Å². The molecule has 0 unspecified atom stereocenters. The van der Waals surface area contributed by atoms with Crippen LogP contribution in [0.1, 0.15) is 44.9 Å². The van der Waals surface area contributed by atoms with Crippen LogP contribution in [0, 0.1) is 6.92 Å². The number of hydrogen-bond acceptors (Lipinski definition) is 2. The Bertz CT molecular complexity index is 311. The lowest BCUT2D eigenvalue weighted by Crippen LogP contribution is -2.40. The van der Waals surface area contributed by atoms with Crippen molar-refractivity contribution in [3.63, 3.8) is 0 Å². The molecule has 1 aromatic heterocycles. The van der Waals surface area contributed by atoms with E-state index >= 15 is 0 Å². The standard InChI is InChI=1S/C12H23N3/c1-6-12(4,7-2)13-8-11-9-15(5)14-10(11)3/h9,13H,6-8H2,1-5H3. The van der Waals surface area contributed by atoms with Crippen LogP contribution in [0.15, 0.2) is 6.20 Å². The molecular weight excluding hydrogens is 186 g/mol. The van der Waals surface area contributed by atoms with Gasteiger partial charge in [-0.3, -0.25) is 4.68 Å². The highest BCUT2D eigenvalue weighted by Crippen LogP contribution is 2.15. The number of aryl methyl sites for hydroxylation is 2. The van der Waals surface area contributed by atoms with E-state index < -0.39 is 0 Å². The topological polar surface area (TPSA) is 29.9 Å². The third kappa shape index (κ3) is 3.06. The molecular formula is C12H23N3. The first kappa shape index (κ1) is 12.2. The average molecular weight is 209 g/mol. The molecule has 1 heterocycles. The van der Waals surface area contributed by atoms with E-state index in [0.717, 1.165) is 25.1 Å². The van der Waals surface area contributed by atoms with E-state index in [9.17, 15) is 0 Å². The molecule has 0 spiro atoms. The smallest absolute Gasteiger partial charge is 0.0638 e. The van der Waals surface area contributed by atoms with Crippen LogP contribution < -0.4 is 5.32 Å². The summed E-state index contributed by atoms with van der Waals surface area (Å²) in [6.45, 7) is 9.71. The molecule has 0 atom stereocenters. The summed E-state index contributed by atoms with van der Waals surface area (Å²) < 4.78 is 1.88. The van der Waals surface area contributed by atoms with Crippen molar-refractivity contribution in [2.45, 2.75) is 52.6 Å². The van der Waals surface area contributed by atoms with E-state index in [1.54, 1.807) is 0 Å². The molecule has 0 aliphatic rings. The summed E-state index contributed by atoms with van der Waals surface area (Å²) in [6, 6.07) is 0. The SMILES string of the molecule is CCC(C)(CC)NCc1cn(C)nc1C. The fourth-order valence-electron chi connectivity index (χ4n) is 1.63. The second-order valence-electron chi connectivity index (χ2n) is 4.53. The summed E-state index contributed by atoms with van der Waals surface area (Å²) in [7, 11) is 1.97. The zero-order valence-electron chi connectivity index (χ0n) is 10.6. The van der Waals surface area contributed by atoms with Crippen molar-refractivity contribution in [1.29, 1.82) is 0 Å². The van der Waals surface area contributed by atoms with Crippen LogP contribution in [-0.4, -0.2) is 15.3 Å². The maximum absolute atomic E-state index is 4.34. The van der Waals surface area contributed by atoms with Crippen molar-refractivity contribution in [3.8, 4) is 0 Å². The predicted octanol–water partition coefficient (Wildman–Crippen LogP) is 2.40. The fourth-order valence-corrected chi connectivity index (χ4v) is 1.63. The van der Waals surface area contributed by atoms with Gasteiger partial charge in [-0.15, -0.1) is 0 Å². The Morgan fingerprint density at radius 2 is 2.00 bits per heavy atom. The van der Waals surface area contributed by atoms with Gasteiger partial charge in [-0.05, 0) is 26.7 Å². The third-order valence-corrected chi connectivity index (χ3v) is 3.38. The molecule has 3 heteroatoms. The number of nitrogens with zero attached hydrogens (tertiary/aromatic N) is 2. The molecule has 1 rings (SSSR count). The highest BCUT2D eigenvalue weighted by atomic mass is 15.3. The van der Waals surface area contributed by atoms with Gasteiger partial charge < -0.3 is 5.32 Å². The summed E-state index contributed by atoms with van der Waals surface area (Å²) in [5, 5.41) is 7.95. The highest BCUT2D eigenvalue weighted by Gasteiger charge is 2.18. The summed E-state index contributed by atoms with van der Waals surface area (Å²) in [4.78, 5) is 0. The van der Waals surface area contributed by atoms with E-state index in [-0.39, 0.29) is 5.54 Å². The molecule has 0 aliphatic heterocycles. The molecule has 1 aromatic rings. The van der Waals surface area contributed by atoms with Crippen LogP contribution in [0.25, 0.3) is 0 Å². The van der Waals surface area contributed by atoms with Crippen LogP contribution in [0.5, 0.6) is 0 Å². The van der Waals surface area contributed by atoms with Crippen molar-refractivity contribution >= 4 is 0 Å². The highest BCUT2D eigenvalue weighted by molar-refractivity contribution is 5.15. The van der Waals surface area contributed by atoms with E-state index in [1.165, 1.54) is 5.56 Å². The van der Waals surface area contributed by atoms with E-state index in [2.05, 4.69) is 44.3 Å². The van der Waals surface area contributed by atoms with Crippen LogP contribution >= 0.6 is 0 Å². The Morgan fingerprint density at radius 1 is 1.40 bits per heavy atom. The van der Waals surface area contributed by atoms with Crippen molar-refractivity contribution in [2.75, 3.05) is 0 Å². The molecule has 0 amide bonds. The first-order valence-corrected chi connectivity index (χ1v) is 5.75. The molecule has 0 saturated heterocycles. The molecule has 1 N–H and O–H groups in total. The first-order valence-electron chi connectivity index (χ1n) is 5.75. The van der Waals surface area contributed by atoms with Crippen molar-refractivity contribution < 1.29 is 0 Å². The number of aromatic nitrogens is 2. The molecule has 15 heavy (non-hydrogen) atoms. The lowest BCUT2D eigenvalue weighted by molar-refractivity contribution is 0.329.